The molecular formula is C11H15N3O. The van der Waals surface area contributed by atoms with E-state index in [2.05, 4.69) is 15.3 Å². The SMILES string of the molecule is COc1nc2c(c(C3CCC3)n1)CNC2. The van der Waals surface area contributed by atoms with Gasteiger partial charge in [-0.1, -0.05) is 6.42 Å². The lowest BCUT2D eigenvalue weighted by molar-refractivity contribution is 0.362. The highest BCUT2D eigenvalue weighted by molar-refractivity contribution is 5.33. The van der Waals surface area contributed by atoms with Crippen molar-refractivity contribution in [3.05, 3.63) is 17.0 Å². The fraction of sp³-hybridized carbons (Fsp3) is 0.636. The average Bonchev–Trinajstić information content (AvgIpc) is 2.62. The van der Waals surface area contributed by atoms with Gasteiger partial charge in [-0.2, -0.15) is 9.97 Å². The number of hydrogen-bond donors (Lipinski definition) is 1. The Kier molecular flexibility index (Phi) is 2.09. The first-order valence-corrected chi connectivity index (χ1v) is 5.53. The second-order valence-corrected chi connectivity index (χ2v) is 4.25. The maximum atomic E-state index is 5.15. The third kappa shape index (κ3) is 1.40. The Morgan fingerprint density at radius 1 is 1.27 bits per heavy atom. The molecule has 1 N–H and O–H groups in total. The van der Waals surface area contributed by atoms with E-state index in [-0.39, 0.29) is 0 Å². The lowest BCUT2D eigenvalue weighted by Crippen LogP contribution is -2.15. The minimum absolute atomic E-state index is 0.527. The van der Waals surface area contributed by atoms with Gasteiger partial charge in [0.05, 0.1) is 18.5 Å². The maximum Gasteiger partial charge on any atom is 0.316 e. The number of nitrogens with one attached hydrogen (secondary N) is 1. The van der Waals surface area contributed by atoms with Crippen LogP contribution in [0.5, 0.6) is 6.01 Å². The topological polar surface area (TPSA) is 47.0 Å². The summed E-state index contributed by atoms with van der Waals surface area (Å²) >= 11 is 0. The van der Waals surface area contributed by atoms with Gasteiger partial charge in [-0.05, 0) is 12.8 Å². The first-order chi connectivity index (χ1) is 7.38. The average molecular weight is 205 g/mol. The van der Waals surface area contributed by atoms with Gasteiger partial charge in [0, 0.05) is 24.6 Å². The summed E-state index contributed by atoms with van der Waals surface area (Å²) in [7, 11) is 1.63. The molecule has 1 aromatic heterocycles. The summed E-state index contributed by atoms with van der Waals surface area (Å²) in [6, 6.07) is 0.527. The molecule has 1 saturated carbocycles. The number of aromatic nitrogens is 2. The number of methoxy groups -OCH3 is 1. The van der Waals surface area contributed by atoms with E-state index in [4.69, 9.17) is 4.74 Å². The van der Waals surface area contributed by atoms with Crippen molar-refractivity contribution in [3.63, 3.8) is 0 Å². The minimum Gasteiger partial charge on any atom is -0.467 e. The molecule has 1 aliphatic heterocycles. The number of ether oxygens (including phenoxy) is 1. The van der Waals surface area contributed by atoms with E-state index < -0.39 is 0 Å². The first-order valence-electron chi connectivity index (χ1n) is 5.53. The third-order valence-electron chi connectivity index (χ3n) is 3.37. The van der Waals surface area contributed by atoms with E-state index in [1.54, 1.807) is 7.11 Å². The van der Waals surface area contributed by atoms with Crippen molar-refractivity contribution in [2.24, 2.45) is 0 Å². The van der Waals surface area contributed by atoms with E-state index in [0.717, 1.165) is 18.8 Å². The van der Waals surface area contributed by atoms with Crippen LogP contribution in [0.15, 0.2) is 0 Å². The van der Waals surface area contributed by atoms with Gasteiger partial charge in [-0.15, -0.1) is 0 Å². The molecule has 0 atom stereocenters. The number of hydrogen-bond acceptors (Lipinski definition) is 4. The fourth-order valence-electron chi connectivity index (χ4n) is 2.28. The molecule has 1 aliphatic carbocycles. The zero-order chi connectivity index (χ0) is 10.3. The van der Waals surface area contributed by atoms with Gasteiger partial charge in [0.2, 0.25) is 0 Å². The van der Waals surface area contributed by atoms with E-state index >= 15 is 0 Å². The van der Waals surface area contributed by atoms with E-state index in [1.807, 2.05) is 0 Å². The standard InChI is InChI=1S/C11H15N3O/c1-15-11-13-9-6-12-5-8(9)10(14-11)7-3-2-4-7/h7,12H,2-6H2,1H3. The molecule has 2 heterocycles. The van der Waals surface area contributed by atoms with Crippen LogP contribution in [0.25, 0.3) is 0 Å². The fourth-order valence-corrected chi connectivity index (χ4v) is 2.28. The van der Waals surface area contributed by atoms with Gasteiger partial charge in [-0.3, -0.25) is 0 Å². The van der Waals surface area contributed by atoms with Crippen molar-refractivity contribution < 1.29 is 4.74 Å². The summed E-state index contributed by atoms with van der Waals surface area (Å²) in [5.74, 6) is 0.649. The molecular weight excluding hydrogens is 190 g/mol. The summed E-state index contributed by atoms with van der Waals surface area (Å²) < 4.78 is 5.15. The molecule has 1 aromatic rings. The van der Waals surface area contributed by atoms with E-state index in [1.165, 1.54) is 30.5 Å². The van der Waals surface area contributed by atoms with Crippen LogP contribution >= 0.6 is 0 Å². The molecule has 0 bridgehead atoms. The van der Waals surface area contributed by atoms with Crippen LogP contribution in [0.3, 0.4) is 0 Å². The molecule has 1 fully saturated rings. The van der Waals surface area contributed by atoms with Crippen molar-refractivity contribution >= 4 is 0 Å². The lowest BCUT2D eigenvalue weighted by Gasteiger charge is -2.26. The van der Waals surface area contributed by atoms with Crippen LogP contribution in [0.2, 0.25) is 0 Å². The van der Waals surface area contributed by atoms with E-state index in [0.29, 0.717) is 11.9 Å². The van der Waals surface area contributed by atoms with Crippen molar-refractivity contribution in [1.29, 1.82) is 0 Å². The molecule has 4 heteroatoms. The Bertz CT molecular complexity index is 388. The zero-order valence-corrected chi connectivity index (χ0v) is 8.92. The molecule has 0 radical (unpaired) electrons. The second kappa shape index (κ2) is 3.45. The predicted octanol–water partition coefficient (Wildman–Crippen LogP) is 1.36. The molecule has 0 amide bonds. The Labute approximate surface area is 89.1 Å². The van der Waals surface area contributed by atoms with Crippen molar-refractivity contribution in [3.8, 4) is 6.01 Å². The van der Waals surface area contributed by atoms with Gasteiger partial charge < -0.3 is 10.1 Å². The predicted molar refractivity (Wildman–Crippen MR) is 55.7 cm³/mol. The Morgan fingerprint density at radius 2 is 2.13 bits per heavy atom. The lowest BCUT2D eigenvalue weighted by atomic mass is 9.81. The number of rotatable bonds is 2. The molecule has 0 spiro atoms. The highest BCUT2D eigenvalue weighted by Crippen LogP contribution is 2.38. The van der Waals surface area contributed by atoms with Crippen LogP contribution in [0.1, 0.15) is 42.1 Å². The Hall–Kier alpha value is -1.16. The Balaban J connectivity index is 2.06. The summed E-state index contributed by atoms with van der Waals surface area (Å²) in [5, 5.41) is 3.32. The second-order valence-electron chi connectivity index (χ2n) is 4.25. The highest BCUT2D eigenvalue weighted by atomic mass is 16.5. The normalized spacial score (nSPS) is 19.8. The van der Waals surface area contributed by atoms with Crippen LogP contribution in [0.4, 0.5) is 0 Å². The van der Waals surface area contributed by atoms with Gasteiger partial charge >= 0.3 is 6.01 Å². The Morgan fingerprint density at radius 3 is 2.80 bits per heavy atom. The third-order valence-corrected chi connectivity index (χ3v) is 3.37. The zero-order valence-electron chi connectivity index (χ0n) is 8.92. The molecule has 15 heavy (non-hydrogen) atoms. The van der Waals surface area contributed by atoms with Crippen LogP contribution in [-0.2, 0) is 13.1 Å². The molecule has 80 valence electrons. The van der Waals surface area contributed by atoms with Crippen LogP contribution in [0, 0.1) is 0 Å². The van der Waals surface area contributed by atoms with Gasteiger partial charge in [0.1, 0.15) is 0 Å². The van der Waals surface area contributed by atoms with Gasteiger partial charge in [0.25, 0.3) is 0 Å². The maximum absolute atomic E-state index is 5.15. The number of nitrogens with zero attached hydrogens (tertiary/aromatic N) is 2. The highest BCUT2D eigenvalue weighted by Gasteiger charge is 2.28. The summed E-state index contributed by atoms with van der Waals surface area (Å²) in [5.41, 5.74) is 3.68. The van der Waals surface area contributed by atoms with Gasteiger partial charge in [0.15, 0.2) is 0 Å². The van der Waals surface area contributed by atoms with Crippen molar-refractivity contribution in [2.75, 3.05) is 7.11 Å². The van der Waals surface area contributed by atoms with Crippen LogP contribution < -0.4 is 10.1 Å². The number of fused-ring (bicyclic) bond motifs is 1. The first kappa shape index (κ1) is 9.09. The van der Waals surface area contributed by atoms with Crippen molar-refractivity contribution in [2.45, 2.75) is 38.3 Å². The summed E-state index contributed by atoms with van der Waals surface area (Å²) in [4.78, 5) is 8.89. The summed E-state index contributed by atoms with van der Waals surface area (Å²) in [6.45, 7) is 1.78. The molecule has 4 nitrogen and oxygen atoms in total. The van der Waals surface area contributed by atoms with E-state index in [9.17, 15) is 0 Å². The molecule has 2 aliphatic rings. The largest absolute Gasteiger partial charge is 0.467 e. The molecule has 0 unspecified atom stereocenters. The molecule has 3 rings (SSSR count). The van der Waals surface area contributed by atoms with Crippen molar-refractivity contribution in [1.82, 2.24) is 15.3 Å². The molecule has 0 saturated heterocycles. The minimum atomic E-state index is 0.527. The van der Waals surface area contributed by atoms with Crippen LogP contribution in [-0.4, -0.2) is 17.1 Å². The monoisotopic (exact) mass is 205 g/mol. The molecule has 0 aromatic carbocycles. The van der Waals surface area contributed by atoms with Gasteiger partial charge in [-0.25, -0.2) is 0 Å². The quantitative estimate of drug-likeness (QED) is 0.791. The smallest absolute Gasteiger partial charge is 0.316 e. The summed E-state index contributed by atoms with van der Waals surface area (Å²) in [6.07, 6.45) is 3.87.